The van der Waals surface area contributed by atoms with Crippen molar-refractivity contribution >= 4 is 0 Å². The first-order valence-electron chi connectivity index (χ1n) is 6.92. The molecule has 1 saturated heterocycles. The van der Waals surface area contributed by atoms with E-state index in [9.17, 15) is 0 Å². The van der Waals surface area contributed by atoms with Crippen LogP contribution in [-0.4, -0.2) is 39.4 Å². The molecule has 4 nitrogen and oxygen atoms in total. The van der Waals surface area contributed by atoms with Crippen molar-refractivity contribution in [2.75, 3.05) is 19.6 Å². The molecule has 0 N–H and O–H groups in total. The molecule has 1 aromatic rings. The maximum absolute atomic E-state index is 4.52. The van der Waals surface area contributed by atoms with Crippen molar-refractivity contribution in [2.45, 2.75) is 38.8 Å². The molecule has 3 rings (SSSR count). The summed E-state index contributed by atoms with van der Waals surface area (Å²) in [5, 5.41) is 0. The predicted octanol–water partition coefficient (Wildman–Crippen LogP) is 1.61. The highest BCUT2D eigenvalue weighted by Crippen LogP contribution is 2.21. The smallest absolute Gasteiger partial charge is 0.116 e. The third kappa shape index (κ3) is 2.54. The second-order valence-corrected chi connectivity index (χ2v) is 5.38. The monoisotopic (exact) mass is 245 g/mol. The van der Waals surface area contributed by atoms with Crippen LogP contribution in [0.2, 0.25) is 0 Å². The lowest BCUT2D eigenvalue weighted by atomic mass is 10.0. The summed E-state index contributed by atoms with van der Waals surface area (Å²) in [5.74, 6) is 0. The summed E-state index contributed by atoms with van der Waals surface area (Å²) in [6, 6.07) is 0. The normalized spacial score (nSPS) is 21.8. The van der Waals surface area contributed by atoms with E-state index in [1.807, 2.05) is 0 Å². The molecule has 2 aliphatic rings. The zero-order valence-corrected chi connectivity index (χ0v) is 10.9. The van der Waals surface area contributed by atoms with Gasteiger partial charge in [-0.25, -0.2) is 9.97 Å². The summed E-state index contributed by atoms with van der Waals surface area (Å²) in [5.41, 5.74) is 3.80. The number of aromatic nitrogens is 2. The third-order valence-corrected chi connectivity index (χ3v) is 4.00. The van der Waals surface area contributed by atoms with Crippen LogP contribution in [0, 0.1) is 7.05 Å². The quantitative estimate of drug-likeness (QED) is 0.741. The van der Waals surface area contributed by atoms with Crippen LogP contribution in [0.5, 0.6) is 0 Å². The summed E-state index contributed by atoms with van der Waals surface area (Å²) < 4.78 is 0. The molecule has 0 radical (unpaired) electrons. The molecule has 2 aliphatic heterocycles. The van der Waals surface area contributed by atoms with Gasteiger partial charge in [-0.1, -0.05) is 6.42 Å². The van der Waals surface area contributed by atoms with E-state index in [1.165, 1.54) is 49.3 Å². The van der Waals surface area contributed by atoms with Gasteiger partial charge in [-0.2, -0.15) is 0 Å². The van der Waals surface area contributed by atoms with E-state index in [4.69, 9.17) is 0 Å². The van der Waals surface area contributed by atoms with Gasteiger partial charge in [0.25, 0.3) is 0 Å². The Balaban J connectivity index is 1.77. The van der Waals surface area contributed by atoms with Gasteiger partial charge in [0.1, 0.15) is 6.33 Å². The van der Waals surface area contributed by atoms with Crippen LogP contribution in [0.4, 0.5) is 0 Å². The first-order chi connectivity index (χ1) is 8.83. The second kappa shape index (κ2) is 5.33. The fraction of sp³-hybridized carbons (Fsp3) is 0.643. The number of fused-ring (bicyclic) bond motifs is 1. The van der Waals surface area contributed by atoms with Gasteiger partial charge >= 0.3 is 0 Å². The molecule has 18 heavy (non-hydrogen) atoms. The van der Waals surface area contributed by atoms with E-state index in [1.54, 1.807) is 6.33 Å². The van der Waals surface area contributed by atoms with Gasteiger partial charge < -0.3 is 4.90 Å². The Morgan fingerprint density at radius 1 is 1.11 bits per heavy atom. The zero-order valence-electron chi connectivity index (χ0n) is 10.9. The van der Waals surface area contributed by atoms with E-state index >= 15 is 0 Å². The SMILES string of the molecule is [CH2-]N1CCc2c(ncnc2CN2CCCCC2)C1. The van der Waals surface area contributed by atoms with Gasteiger partial charge in [0.2, 0.25) is 0 Å². The van der Waals surface area contributed by atoms with E-state index in [2.05, 4.69) is 26.8 Å². The Bertz CT molecular complexity index is 412. The molecule has 0 aliphatic carbocycles. The van der Waals surface area contributed by atoms with Crippen molar-refractivity contribution < 1.29 is 0 Å². The molecule has 1 aromatic heterocycles. The Kier molecular flexibility index (Phi) is 3.57. The highest BCUT2D eigenvalue weighted by atomic mass is 15.1. The maximum Gasteiger partial charge on any atom is 0.116 e. The molecule has 0 aromatic carbocycles. The number of hydrogen-bond donors (Lipinski definition) is 0. The van der Waals surface area contributed by atoms with Crippen LogP contribution in [0.15, 0.2) is 6.33 Å². The number of hydrogen-bond acceptors (Lipinski definition) is 4. The van der Waals surface area contributed by atoms with Crippen LogP contribution in [-0.2, 0) is 19.5 Å². The van der Waals surface area contributed by atoms with Crippen molar-refractivity contribution in [2.24, 2.45) is 0 Å². The molecule has 0 atom stereocenters. The van der Waals surface area contributed by atoms with E-state index in [0.717, 1.165) is 26.1 Å². The maximum atomic E-state index is 4.52. The fourth-order valence-electron chi connectivity index (χ4n) is 2.94. The minimum Gasteiger partial charge on any atom is -0.454 e. The van der Waals surface area contributed by atoms with Crippen molar-refractivity contribution in [3.63, 3.8) is 0 Å². The van der Waals surface area contributed by atoms with Crippen LogP contribution in [0.25, 0.3) is 0 Å². The lowest BCUT2D eigenvalue weighted by molar-refractivity contribution is 0.216. The first-order valence-corrected chi connectivity index (χ1v) is 6.92. The summed E-state index contributed by atoms with van der Waals surface area (Å²) in [7, 11) is 4.00. The molecule has 0 unspecified atom stereocenters. The molecule has 0 saturated carbocycles. The molecule has 0 bridgehead atoms. The zero-order chi connectivity index (χ0) is 12.4. The Labute approximate surface area is 109 Å². The summed E-state index contributed by atoms with van der Waals surface area (Å²) >= 11 is 0. The van der Waals surface area contributed by atoms with Gasteiger partial charge in [-0.3, -0.25) is 11.9 Å². The summed E-state index contributed by atoms with van der Waals surface area (Å²) in [6.07, 6.45) is 6.81. The standard InChI is InChI=1S/C14H21N4/c1-17-8-5-12-13(9-17)15-11-16-14(12)10-18-6-3-2-4-7-18/h11H,1-10H2/q-1. The van der Waals surface area contributed by atoms with Gasteiger partial charge in [-0.15, -0.1) is 0 Å². The van der Waals surface area contributed by atoms with Crippen LogP contribution in [0.1, 0.15) is 36.2 Å². The number of rotatable bonds is 2. The molecule has 4 heteroatoms. The van der Waals surface area contributed by atoms with E-state index in [0.29, 0.717) is 0 Å². The molecule has 0 spiro atoms. The Hall–Kier alpha value is -1.00. The first kappa shape index (κ1) is 12.1. The number of piperidine rings is 1. The van der Waals surface area contributed by atoms with Crippen LogP contribution >= 0.6 is 0 Å². The highest BCUT2D eigenvalue weighted by Gasteiger charge is 2.18. The fourth-order valence-corrected chi connectivity index (χ4v) is 2.94. The third-order valence-electron chi connectivity index (χ3n) is 4.00. The van der Waals surface area contributed by atoms with Gasteiger partial charge in [0.15, 0.2) is 0 Å². The lowest BCUT2D eigenvalue weighted by Gasteiger charge is -2.32. The summed E-state index contributed by atoms with van der Waals surface area (Å²) in [4.78, 5) is 13.5. The minimum atomic E-state index is 0.866. The summed E-state index contributed by atoms with van der Waals surface area (Å²) in [6.45, 7) is 5.33. The average Bonchev–Trinajstić information content (AvgIpc) is 2.40. The Morgan fingerprint density at radius 3 is 2.78 bits per heavy atom. The van der Waals surface area contributed by atoms with Crippen molar-refractivity contribution in [1.29, 1.82) is 0 Å². The van der Waals surface area contributed by atoms with E-state index < -0.39 is 0 Å². The second-order valence-electron chi connectivity index (χ2n) is 5.38. The van der Waals surface area contributed by atoms with Crippen LogP contribution in [0.3, 0.4) is 0 Å². The van der Waals surface area contributed by atoms with Crippen molar-refractivity contribution in [3.8, 4) is 0 Å². The topological polar surface area (TPSA) is 32.3 Å². The van der Waals surface area contributed by atoms with E-state index in [-0.39, 0.29) is 0 Å². The molecule has 1 fully saturated rings. The average molecular weight is 245 g/mol. The molecular formula is C14H21N4-. The lowest BCUT2D eigenvalue weighted by Crippen LogP contribution is -2.32. The van der Waals surface area contributed by atoms with Gasteiger partial charge in [-0.05, 0) is 44.5 Å². The molecule has 3 heterocycles. The van der Waals surface area contributed by atoms with Crippen molar-refractivity contribution in [1.82, 2.24) is 19.8 Å². The van der Waals surface area contributed by atoms with Gasteiger partial charge in [0.05, 0.1) is 11.4 Å². The van der Waals surface area contributed by atoms with Gasteiger partial charge in [0, 0.05) is 13.1 Å². The minimum absolute atomic E-state index is 0.866. The predicted molar refractivity (Wildman–Crippen MR) is 70.6 cm³/mol. The highest BCUT2D eigenvalue weighted by molar-refractivity contribution is 5.27. The molecular weight excluding hydrogens is 224 g/mol. The Morgan fingerprint density at radius 2 is 1.94 bits per heavy atom. The number of nitrogens with zero attached hydrogens (tertiary/aromatic N) is 4. The van der Waals surface area contributed by atoms with Crippen LogP contribution < -0.4 is 0 Å². The molecule has 0 amide bonds. The van der Waals surface area contributed by atoms with Crippen molar-refractivity contribution in [3.05, 3.63) is 30.3 Å². The largest absolute Gasteiger partial charge is 0.454 e. The number of likely N-dealkylation sites (tertiary alicyclic amines) is 1. The molecule has 98 valence electrons.